The maximum Gasteiger partial charge on any atom is 0.226 e. The largest absolute Gasteiger partial charge is 0.493 e. The van der Waals surface area contributed by atoms with Crippen LogP contribution in [0.5, 0.6) is 11.5 Å². The second-order valence-corrected chi connectivity index (χ2v) is 6.12. The SMILES string of the molecule is COc1ccc([C@H]2CC(=O)Nc3c2cnn3-c2ccccc2)cc1OC. The summed E-state index contributed by atoms with van der Waals surface area (Å²) >= 11 is 0. The van der Waals surface area contributed by atoms with Crippen LogP contribution in [0.1, 0.15) is 23.5 Å². The number of carbonyl (C=O) groups is 1. The molecule has 0 aliphatic carbocycles. The molecule has 0 spiro atoms. The predicted molar refractivity (Wildman–Crippen MR) is 98.2 cm³/mol. The predicted octanol–water partition coefficient (Wildman–Crippen LogP) is 3.36. The standard InChI is InChI=1S/C20H19N3O3/c1-25-17-9-8-13(10-18(17)26-2)15-11-19(24)22-20-16(15)12-21-23(20)14-6-4-3-5-7-14/h3-10,12,15H,11H2,1-2H3,(H,22,24)/t15-/m1/s1. The highest BCUT2D eigenvalue weighted by atomic mass is 16.5. The Morgan fingerprint density at radius 2 is 1.85 bits per heavy atom. The van der Waals surface area contributed by atoms with Gasteiger partial charge in [-0.2, -0.15) is 5.10 Å². The number of amides is 1. The fourth-order valence-electron chi connectivity index (χ4n) is 3.35. The average molecular weight is 349 g/mol. The number of rotatable bonds is 4. The van der Waals surface area contributed by atoms with Gasteiger partial charge in [-0.3, -0.25) is 4.79 Å². The van der Waals surface area contributed by atoms with Gasteiger partial charge in [-0.1, -0.05) is 24.3 Å². The van der Waals surface area contributed by atoms with Crippen LogP contribution in [0.3, 0.4) is 0 Å². The van der Waals surface area contributed by atoms with E-state index in [1.165, 1.54) is 0 Å². The minimum Gasteiger partial charge on any atom is -0.493 e. The minimum absolute atomic E-state index is 0.0324. The van der Waals surface area contributed by atoms with Gasteiger partial charge in [-0.05, 0) is 29.8 Å². The van der Waals surface area contributed by atoms with E-state index in [1.807, 2.05) is 54.7 Å². The molecule has 2 heterocycles. The molecule has 2 aromatic carbocycles. The van der Waals surface area contributed by atoms with Crippen molar-refractivity contribution in [3.63, 3.8) is 0 Å². The first-order valence-corrected chi connectivity index (χ1v) is 8.36. The van der Waals surface area contributed by atoms with E-state index < -0.39 is 0 Å². The number of hydrogen-bond donors (Lipinski definition) is 1. The van der Waals surface area contributed by atoms with Crippen molar-refractivity contribution >= 4 is 11.7 Å². The molecule has 4 rings (SSSR count). The molecule has 132 valence electrons. The van der Waals surface area contributed by atoms with Gasteiger partial charge in [0.2, 0.25) is 5.91 Å². The van der Waals surface area contributed by atoms with Gasteiger partial charge < -0.3 is 14.8 Å². The molecule has 1 amide bonds. The topological polar surface area (TPSA) is 65.4 Å². The number of methoxy groups -OCH3 is 2. The molecule has 0 bridgehead atoms. The first-order valence-electron chi connectivity index (χ1n) is 8.36. The van der Waals surface area contributed by atoms with Gasteiger partial charge in [-0.25, -0.2) is 4.68 Å². The molecule has 1 aromatic heterocycles. The van der Waals surface area contributed by atoms with Crippen LogP contribution in [0.2, 0.25) is 0 Å². The van der Waals surface area contributed by atoms with E-state index in [2.05, 4.69) is 10.4 Å². The van der Waals surface area contributed by atoms with Crippen LogP contribution in [0.25, 0.3) is 5.69 Å². The molecule has 6 heteroatoms. The number of aromatic nitrogens is 2. The van der Waals surface area contributed by atoms with E-state index in [1.54, 1.807) is 18.9 Å². The summed E-state index contributed by atoms with van der Waals surface area (Å²) in [6.45, 7) is 0. The minimum atomic E-state index is -0.0870. The van der Waals surface area contributed by atoms with Crippen molar-refractivity contribution in [2.24, 2.45) is 0 Å². The molecule has 1 N–H and O–H groups in total. The number of carbonyl (C=O) groups excluding carboxylic acids is 1. The van der Waals surface area contributed by atoms with Crippen LogP contribution in [0.15, 0.2) is 54.7 Å². The van der Waals surface area contributed by atoms with Gasteiger partial charge in [0.25, 0.3) is 0 Å². The number of nitrogens with zero attached hydrogens (tertiary/aromatic N) is 2. The lowest BCUT2D eigenvalue weighted by molar-refractivity contribution is -0.116. The zero-order chi connectivity index (χ0) is 18.1. The van der Waals surface area contributed by atoms with Crippen LogP contribution in [0.4, 0.5) is 5.82 Å². The van der Waals surface area contributed by atoms with Gasteiger partial charge in [0, 0.05) is 17.9 Å². The van der Waals surface area contributed by atoms with Crippen molar-refractivity contribution in [2.75, 3.05) is 19.5 Å². The highest BCUT2D eigenvalue weighted by Gasteiger charge is 2.30. The monoisotopic (exact) mass is 349 g/mol. The highest BCUT2D eigenvalue weighted by Crippen LogP contribution is 2.40. The quantitative estimate of drug-likeness (QED) is 0.784. The molecule has 1 atom stereocenters. The molecule has 26 heavy (non-hydrogen) atoms. The molecule has 6 nitrogen and oxygen atoms in total. The van der Waals surface area contributed by atoms with E-state index in [9.17, 15) is 4.79 Å². The number of para-hydroxylation sites is 1. The molecule has 1 aliphatic rings. The number of ether oxygens (including phenoxy) is 2. The lowest BCUT2D eigenvalue weighted by atomic mass is 9.87. The van der Waals surface area contributed by atoms with Gasteiger partial charge in [0.1, 0.15) is 5.82 Å². The Bertz CT molecular complexity index is 950. The van der Waals surface area contributed by atoms with E-state index >= 15 is 0 Å². The maximum absolute atomic E-state index is 12.4. The average Bonchev–Trinajstić information content (AvgIpc) is 3.11. The zero-order valence-corrected chi connectivity index (χ0v) is 14.6. The number of fused-ring (bicyclic) bond motifs is 1. The van der Waals surface area contributed by atoms with E-state index in [0.717, 1.165) is 16.8 Å². The van der Waals surface area contributed by atoms with Crippen molar-refractivity contribution in [2.45, 2.75) is 12.3 Å². The summed E-state index contributed by atoms with van der Waals surface area (Å²) in [5.74, 6) is 1.91. The van der Waals surface area contributed by atoms with Crippen LogP contribution in [-0.4, -0.2) is 29.9 Å². The molecule has 1 aliphatic heterocycles. The summed E-state index contributed by atoms with van der Waals surface area (Å²) < 4.78 is 12.5. The molecule has 0 saturated carbocycles. The first kappa shape index (κ1) is 16.2. The summed E-state index contributed by atoms with van der Waals surface area (Å²) in [5.41, 5.74) is 2.88. The zero-order valence-electron chi connectivity index (χ0n) is 14.6. The lowest BCUT2D eigenvalue weighted by Gasteiger charge is -2.24. The molecular formula is C20H19N3O3. The number of hydrogen-bond acceptors (Lipinski definition) is 4. The Hall–Kier alpha value is -3.28. The Morgan fingerprint density at radius 1 is 1.08 bits per heavy atom. The number of benzene rings is 2. The first-order chi connectivity index (χ1) is 12.7. The molecule has 0 fully saturated rings. The van der Waals surface area contributed by atoms with Crippen LogP contribution >= 0.6 is 0 Å². The van der Waals surface area contributed by atoms with E-state index in [0.29, 0.717) is 23.7 Å². The van der Waals surface area contributed by atoms with E-state index in [4.69, 9.17) is 9.47 Å². The Kier molecular flexibility index (Phi) is 4.08. The van der Waals surface area contributed by atoms with Crippen LogP contribution in [0, 0.1) is 0 Å². The third-order valence-electron chi connectivity index (χ3n) is 4.63. The normalized spacial score (nSPS) is 15.9. The van der Waals surface area contributed by atoms with Crippen LogP contribution < -0.4 is 14.8 Å². The van der Waals surface area contributed by atoms with Crippen molar-refractivity contribution in [1.82, 2.24) is 9.78 Å². The van der Waals surface area contributed by atoms with Crippen molar-refractivity contribution < 1.29 is 14.3 Å². The highest BCUT2D eigenvalue weighted by molar-refractivity contribution is 5.94. The molecule has 3 aromatic rings. The molecule has 0 saturated heterocycles. The Labute approximate surface area is 151 Å². The van der Waals surface area contributed by atoms with Crippen molar-refractivity contribution in [3.8, 4) is 17.2 Å². The van der Waals surface area contributed by atoms with Crippen molar-refractivity contribution in [3.05, 3.63) is 65.9 Å². The molecular weight excluding hydrogens is 330 g/mol. The van der Waals surface area contributed by atoms with Gasteiger partial charge >= 0.3 is 0 Å². The Balaban J connectivity index is 1.79. The number of anilines is 1. The third kappa shape index (κ3) is 2.69. The summed E-state index contributed by atoms with van der Waals surface area (Å²) in [4.78, 5) is 12.4. The molecule has 0 unspecified atom stereocenters. The summed E-state index contributed by atoms with van der Waals surface area (Å²) in [6, 6.07) is 15.5. The smallest absolute Gasteiger partial charge is 0.226 e. The lowest BCUT2D eigenvalue weighted by Crippen LogP contribution is -2.24. The van der Waals surface area contributed by atoms with Gasteiger partial charge in [0.05, 0.1) is 26.1 Å². The summed E-state index contributed by atoms with van der Waals surface area (Å²) in [7, 11) is 3.21. The maximum atomic E-state index is 12.4. The fraction of sp³-hybridized carbons (Fsp3) is 0.200. The van der Waals surface area contributed by atoms with Crippen molar-refractivity contribution in [1.29, 1.82) is 0 Å². The van der Waals surface area contributed by atoms with Gasteiger partial charge in [0.15, 0.2) is 11.5 Å². The summed E-state index contributed by atoms with van der Waals surface area (Å²) in [6.07, 6.45) is 2.19. The number of nitrogens with one attached hydrogen (secondary N) is 1. The summed E-state index contributed by atoms with van der Waals surface area (Å²) in [5, 5.41) is 7.46. The molecule has 0 radical (unpaired) electrons. The second-order valence-electron chi connectivity index (χ2n) is 6.12. The Morgan fingerprint density at radius 3 is 2.58 bits per heavy atom. The van der Waals surface area contributed by atoms with Gasteiger partial charge in [-0.15, -0.1) is 0 Å². The van der Waals surface area contributed by atoms with Crippen LogP contribution in [-0.2, 0) is 4.79 Å². The second kappa shape index (κ2) is 6.55. The third-order valence-corrected chi connectivity index (χ3v) is 4.63. The van der Waals surface area contributed by atoms with E-state index in [-0.39, 0.29) is 11.8 Å². The fourth-order valence-corrected chi connectivity index (χ4v) is 3.35.